The standard InChI is InChI=1S/C29H24NSe.C26H26NSe.C25H24NSe.3C5H8O2.3Ir/c1-29(2,3)24-14-12-21(13-15-24)28-19-26-27(31-28)17-16-25(30-26)23-11-7-10-22(18-23)20-8-5-4-6-9-20;1-15(2)20-12-18(5)26(19(6)13-20)25-14-23-24(28-25)8-7-22(27-23)21-10-16(3)9-17(4)11-21;1-16(2)19-11-8-12-20(17(3)4)25(19)24-15-22-23(27-24)14-13-21(26-22)18-9-6-5-7-10-18;3*1-4(6)3-5(2)7;;;/h4-10,12-19H,1-3H3;7-10,12-15H,1-6H3;5-9,11-17H,1-4H3;3*3,6H,1-2H3;;;/q3*-1;;;;;;. The van der Waals surface area contributed by atoms with Gasteiger partial charge >= 0.3 is 533 Å². The zero-order valence-corrected chi connectivity index (χ0v) is 78.4. The quantitative estimate of drug-likeness (QED) is 0.0444. The Morgan fingerprint density at radius 3 is 1.26 bits per heavy atom. The van der Waals surface area contributed by atoms with E-state index in [1.807, 2.05) is 30.3 Å². The fourth-order valence-electron chi connectivity index (χ4n) is 12.2. The summed E-state index contributed by atoms with van der Waals surface area (Å²) >= 11 is 0.900. The van der Waals surface area contributed by atoms with Gasteiger partial charge in [-0.3, -0.25) is 14.4 Å². The summed E-state index contributed by atoms with van der Waals surface area (Å²) in [5.41, 5.74) is 27.2. The monoisotopic (exact) mass is 2200 g/mol. The Morgan fingerprint density at radius 2 is 0.845 bits per heavy atom. The zero-order chi connectivity index (χ0) is 78.0. The van der Waals surface area contributed by atoms with Crippen LogP contribution >= 0.6 is 0 Å². The molecule has 3 N–H and O–H groups in total. The Morgan fingerprint density at radius 1 is 0.409 bits per heavy atom. The molecule has 0 aliphatic heterocycles. The van der Waals surface area contributed by atoms with Crippen LogP contribution in [-0.4, -0.2) is 91.1 Å². The van der Waals surface area contributed by atoms with Gasteiger partial charge in [0.15, 0.2) is 17.3 Å². The molecular weight excluding hydrogens is 2090 g/mol. The first kappa shape index (κ1) is 92.9. The number of allylic oxidation sites excluding steroid dienone is 6. The molecular formula is C95H98Ir3N3O6Se3-3. The number of nitrogens with zero attached hydrogens (tertiary/aromatic N) is 3. The van der Waals surface area contributed by atoms with E-state index in [-0.39, 0.29) is 100 Å². The molecule has 6 aromatic heterocycles. The fraction of sp³-hybridized carbons (Fsp3) is 0.242. The number of benzene rings is 7. The predicted octanol–water partition coefficient (Wildman–Crippen LogP) is 24.0. The molecule has 6 heterocycles. The third-order valence-electron chi connectivity index (χ3n) is 17.1. The molecule has 0 aliphatic carbocycles. The molecule has 0 aliphatic rings. The molecule has 9 nitrogen and oxygen atoms in total. The van der Waals surface area contributed by atoms with Gasteiger partial charge in [0, 0.05) is 78.5 Å². The van der Waals surface area contributed by atoms with Crippen molar-refractivity contribution in [1.82, 2.24) is 15.0 Å². The van der Waals surface area contributed by atoms with Crippen molar-refractivity contribution in [3.63, 3.8) is 0 Å². The molecule has 0 unspecified atom stereocenters. The third kappa shape index (κ3) is 27.0. The number of hydrogen-bond acceptors (Lipinski definition) is 9. The van der Waals surface area contributed by atoms with E-state index in [2.05, 4.69) is 272 Å². The Hall–Kier alpha value is -7.65. The van der Waals surface area contributed by atoms with Crippen LogP contribution in [0.5, 0.6) is 0 Å². The van der Waals surface area contributed by atoms with Crippen LogP contribution in [0.25, 0.3) is 104 Å². The van der Waals surface area contributed by atoms with Crippen molar-refractivity contribution >= 4 is 90.2 Å². The Kier molecular flexibility index (Phi) is 36.7. The molecule has 0 fully saturated rings. The number of aliphatic hydroxyl groups is 3. The van der Waals surface area contributed by atoms with Crippen LogP contribution in [0, 0.1) is 45.9 Å². The van der Waals surface area contributed by atoms with Gasteiger partial charge in [0.2, 0.25) is 0 Å². The molecule has 110 heavy (non-hydrogen) atoms. The normalized spacial score (nSPS) is 11.3. The van der Waals surface area contributed by atoms with Crippen LogP contribution in [-0.2, 0) is 80.1 Å². The molecule has 13 rings (SSSR count). The number of fused-ring (bicyclic) bond motifs is 3. The molecule has 15 heteroatoms. The fourth-order valence-corrected chi connectivity index (χ4v) is 19.1. The van der Waals surface area contributed by atoms with Gasteiger partial charge in [-0.1, -0.05) is 0 Å². The smallest absolute Gasteiger partial charge is 0 e. The maximum atomic E-state index is 10.0. The summed E-state index contributed by atoms with van der Waals surface area (Å²) in [5.74, 6) is 1.40. The average molecular weight is 2190 g/mol. The van der Waals surface area contributed by atoms with Crippen molar-refractivity contribution in [2.75, 3.05) is 0 Å². The van der Waals surface area contributed by atoms with E-state index in [0.717, 1.165) is 55.9 Å². The summed E-state index contributed by atoms with van der Waals surface area (Å²) < 4.78 is 8.42. The Balaban J connectivity index is 0.000000258. The van der Waals surface area contributed by atoms with E-state index in [0.29, 0.717) is 61.3 Å². The first-order chi connectivity index (χ1) is 50.7. The second-order valence-corrected chi connectivity index (χ2v) is 35.6. The minimum absolute atomic E-state index is 0. The number of ketones is 3. The summed E-state index contributed by atoms with van der Waals surface area (Å²) in [6.45, 7) is 37.7. The van der Waals surface area contributed by atoms with Gasteiger partial charge in [-0.2, -0.15) is 0 Å². The molecule has 0 atom stereocenters. The van der Waals surface area contributed by atoms with Gasteiger partial charge in [0.25, 0.3) is 0 Å². The first-order valence-corrected chi connectivity index (χ1v) is 41.1. The number of aromatic nitrogens is 3. The SMILES string of the molecule is CC(=O)C=C(C)O.CC(=O)C=C(C)O.CC(=O)C=C(C)O.CC(C)(C)c1ccc(-c2cc3nc(-c4[c-]ccc(-c5ccccc5)c4)ccc3[se]2)cc1.CC(C)c1cccc(C(C)C)c1-c1cc2nc(-c3[c-]cccc3)ccc2[se]1.Cc1[c-]c(-c2ccc3[se]c(-c4c(C)cc(C(C)C)cc4C)cc3n2)cc(C)c1.[Ir].[Ir].[Ir]. The molecule has 0 spiro atoms. The second-order valence-electron chi connectivity index (χ2n) is 28.8. The van der Waals surface area contributed by atoms with Crippen LogP contribution in [0.3, 0.4) is 0 Å². The Bertz CT molecular complexity index is 5200. The number of carbonyl (C=O) groups excluding carboxylic acids is 3. The van der Waals surface area contributed by atoms with Gasteiger partial charge in [0.1, 0.15) is 0 Å². The average Bonchev–Trinajstić information content (AvgIpc) is 1.56. The largest absolute Gasteiger partial charge is 0 e. The van der Waals surface area contributed by atoms with Crippen molar-refractivity contribution in [3.8, 4) is 74.9 Å². The van der Waals surface area contributed by atoms with Gasteiger partial charge in [-0.25, -0.2) is 0 Å². The maximum absolute atomic E-state index is 10.0. The van der Waals surface area contributed by atoms with Crippen molar-refractivity contribution in [2.24, 2.45) is 0 Å². The number of rotatable bonds is 13. The van der Waals surface area contributed by atoms with Gasteiger partial charge in [0.05, 0.1) is 17.3 Å². The van der Waals surface area contributed by atoms with Gasteiger partial charge in [-0.15, -0.1) is 0 Å². The molecule has 577 valence electrons. The number of pyridine rings is 3. The van der Waals surface area contributed by atoms with Gasteiger partial charge < -0.3 is 15.3 Å². The summed E-state index contributed by atoms with van der Waals surface area (Å²) in [5, 5.41) is 25.1. The molecule has 13 aromatic rings. The number of carbonyl (C=O) groups is 3. The zero-order valence-electron chi connectivity index (χ0n) is 66.1. The summed E-state index contributed by atoms with van der Waals surface area (Å²) in [6, 6.07) is 79.9. The minimum Gasteiger partial charge on any atom is 0 e. The predicted molar refractivity (Wildman–Crippen MR) is 452 cm³/mol. The van der Waals surface area contributed by atoms with Gasteiger partial charge in [-0.05, 0) is 41.5 Å². The maximum Gasteiger partial charge on any atom is 0 e. The van der Waals surface area contributed by atoms with Crippen molar-refractivity contribution in [1.29, 1.82) is 0 Å². The van der Waals surface area contributed by atoms with Crippen LogP contribution in [0.1, 0.15) is 166 Å². The van der Waals surface area contributed by atoms with E-state index in [1.165, 1.54) is 153 Å². The van der Waals surface area contributed by atoms with E-state index in [4.69, 9.17) is 30.3 Å². The van der Waals surface area contributed by atoms with Crippen LogP contribution in [0.15, 0.2) is 230 Å². The molecule has 7 aromatic carbocycles. The molecule has 0 bridgehead atoms. The third-order valence-corrected chi connectivity index (χ3v) is 24.1. The van der Waals surface area contributed by atoms with Crippen molar-refractivity contribution in [3.05, 3.63) is 292 Å². The number of hydrogen-bond donors (Lipinski definition) is 3. The summed E-state index contributed by atoms with van der Waals surface area (Å²) in [6.07, 6.45) is 3.50. The van der Waals surface area contributed by atoms with Crippen molar-refractivity contribution < 1.29 is 90.0 Å². The van der Waals surface area contributed by atoms with Crippen LogP contribution in [0.4, 0.5) is 0 Å². The van der Waals surface area contributed by atoms with Crippen LogP contribution in [0.2, 0.25) is 0 Å². The Labute approximate surface area is 710 Å². The second kappa shape index (κ2) is 43.4. The van der Waals surface area contributed by atoms with E-state index in [9.17, 15) is 14.4 Å². The minimum atomic E-state index is -0.125. The molecule has 0 saturated carbocycles. The first-order valence-electron chi connectivity index (χ1n) is 36.0. The summed E-state index contributed by atoms with van der Waals surface area (Å²) in [7, 11) is 0. The number of aryl methyl sites for hydroxylation is 4. The molecule has 3 radical (unpaired) electrons. The van der Waals surface area contributed by atoms with E-state index >= 15 is 0 Å². The topological polar surface area (TPSA) is 151 Å². The molecule has 0 saturated heterocycles. The van der Waals surface area contributed by atoms with E-state index in [1.54, 1.807) is 0 Å². The molecule has 0 amide bonds. The van der Waals surface area contributed by atoms with E-state index < -0.39 is 0 Å². The van der Waals surface area contributed by atoms with Crippen molar-refractivity contribution in [2.45, 2.75) is 155 Å². The number of aliphatic hydroxyl groups excluding tert-OH is 3. The summed E-state index contributed by atoms with van der Waals surface area (Å²) in [4.78, 5) is 45.0. The van der Waals surface area contributed by atoms with Crippen LogP contribution < -0.4 is 0 Å².